The van der Waals surface area contributed by atoms with Crippen LogP contribution in [-0.4, -0.2) is 7.11 Å². The van der Waals surface area contributed by atoms with E-state index in [0.29, 0.717) is 17.9 Å². The molecule has 2 aliphatic rings. The molecule has 0 spiro atoms. The van der Waals surface area contributed by atoms with Crippen molar-refractivity contribution in [1.82, 2.24) is 0 Å². The molecule has 2 aromatic carbocycles. The summed E-state index contributed by atoms with van der Waals surface area (Å²) in [4.78, 5) is 0. The van der Waals surface area contributed by atoms with Crippen LogP contribution in [0.5, 0.6) is 5.75 Å². The Morgan fingerprint density at radius 3 is 2.24 bits per heavy atom. The van der Waals surface area contributed by atoms with Gasteiger partial charge in [-0.15, -0.1) is 0 Å². The van der Waals surface area contributed by atoms with Gasteiger partial charge in [-0.3, -0.25) is 0 Å². The van der Waals surface area contributed by atoms with Crippen molar-refractivity contribution >= 4 is 6.08 Å². The summed E-state index contributed by atoms with van der Waals surface area (Å²) in [7, 11) is 1.27. The molecule has 0 aliphatic heterocycles. The lowest BCUT2D eigenvalue weighted by Gasteiger charge is -2.31. The van der Waals surface area contributed by atoms with Gasteiger partial charge in [0.1, 0.15) is 5.82 Å². The second-order valence-corrected chi connectivity index (χ2v) is 8.28. The topological polar surface area (TPSA) is 9.23 Å². The first-order chi connectivity index (χ1) is 14.0. The third-order valence-corrected chi connectivity index (χ3v) is 6.79. The molecular weight excluding hydrogens is 373 g/mol. The van der Waals surface area contributed by atoms with Gasteiger partial charge in [0.05, 0.1) is 7.11 Å². The van der Waals surface area contributed by atoms with E-state index in [-0.39, 0.29) is 16.9 Å². The molecule has 0 amide bonds. The lowest BCUT2D eigenvalue weighted by Crippen LogP contribution is -2.18. The van der Waals surface area contributed by atoms with E-state index < -0.39 is 17.5 Å². The molecule has 1 nitrogen and oxygen atoms in total. The van der Waals surface area contributed by atoms with Gasteiger partial charge in [-0.1, -0.05) is 37.1 Å². The minimum absolute atomic E-state index is 0.0729. The minimum atomic E-state index is -1.09. The van der Waals surface area contributed by atoms with Gasteiger partial charge in [-0.25, -0.2) is 8.78 Å². The van der Waals surface area contributed by atoms with Crippen LogP contribution < -0.4 is 4.74 Å². The highest BCUT2D eigenvalue weighted by Gasteiger charge is 2.27. The Morgan fingerprint density at radius 1 is 0.862 bits per heavy atom. The molecular formula is C25H27F3O. The summed E-state index contributed by atoms with van der Waals surface area (Å²) in [6, 6.07) is 6.10. The number of hydrogen-bond acceptors (Lipinski definition) is 1. The van der Waals surface area contributed by atoms with E-state index in [1.54, 1.807) is 6.07 Å². The maximum absolute atomic E-state index is 15.3. The minimum Gasteiger partial charge on any atom is -0.494 e. The Labute approximate surface area is 170 Å². The molecule has 2 aliphatic carbocycles. The number of methoxy groups -OCH3 is 1. The second kappa shape index (κ2) is 8.25. The number of benzene rings is 2. The van der Waals surface area contributed by atoms with Crippen molar-refractivity contribution in [3.63, 3.8) is 0 Å². The molecule has 1 saturated carbocycles. The molecule has 2 aromatic rings. The van der Waals surface area contributed by atoms with Crippen molar-refractivity contribution < 1.29 is 17.9 Å². The highest BCUT2D eigenvalue weighted by atomic mass is 19.2. The van der Waals surface area contributed by atoms with Crippen LogP contribution in [0.15, 0.2) is 29.8 Å². The van der Waals surface area contributed by atoms with Gasteiger partial charge in [-0.05, 0) is 73.6 Å². The fourth-order valence-electron chi connectivity index (χ4n) is 4.94. The molecule has 0 radical (unpaired) electrons. The maximum Gasteiger partial charge on any atom is 0.201 e. The van der Waals surface area contributed by atoms with E-state index in [1.165, 1.54) is 56.9 Å². The molecule has 0 aromatic heterocycles. The summed E-state index contributed by atoms with van der Waals surface area (Å²) < 4.78 is 48.6. The van der Waals surface area contributed by atoms with Crippen molar-refractivity contribution in [3.05, 3.63) is 58.4 Å². The van der Waals surface area contributed by atoms with E-state index in [4.69, 9.17) is 4.74 Å². The average molecular weight is 400 g/mol. The van der Waals surface area contributed by atoms with Crippen molar-refractivity contribution in [2.24, 2.45) is 11.8 Å². The number of hydrogen-bond donors (Lipinski definition) is 0. The van der Waals surface area contributed by atoms with E-state index in [9.17, 15) is 8.78 Å². The van der Waals surface area contributed by atoms with Gasteiger partial charge in [0, 0.05) is 11.1 Å². The quantitative estimate of drug-likeness (QED) is 0.522. The monoisotopic (exact) mass is 400 g/mol. The fourth-order valence-corrected chi connectivity index (χ4v) is 4.94. The summed E-state index contributed by atoms with van der Waals surface area (Å²) in [5.74, 6) is -1.36. The van der Waals surface area contributed by atoms with Crippen molar-refractivity contribution in [3.8, 4) is 16.9 Å². The van der Waals surface area contributed by atoms with E-state index >= 15 is 4.39 Å². The highest BCUT2D eigenvalue weighted by molar-refractivity contribution is 5.71. The zero-order valence-electron chi connectivity index (χ0n) is 17.0. The molecule has 154 valence electrons. The zero-order chi connectivity index (χ0) is 20.5. The molecule has 0 N–H and O–H groups in total. The molecule has 1 fully saturated rings. The summed E-state index contributed by atoms with van der Waals surface area (Å²) in [6.45, 7) is 2.26. The van der Waals surface area contributed by atoms with Crippen molar-refractivity contribution in [1.29, 1.82) is 0 Å². The third kappa shape index (κ3) is 3.70. The predicted octanol–water partition coefficient (Wildman–Crippen LogP) is 7.33. The molecule has 0 bridgehead atoms. The third-order valence-electron chi connectivity index (χ3n) is 6.79. The Bertz CT molecular complexity index is 940. The van der Waals surface area contributed by atoms with E-state index in [2.05, 4.69) is 13.0 Å². The average Bonchev–Trinajstić information content (AvgIpc) is 2.76. The summed E-state index contributed by atoms with van der Waals surface area (Å²) in [6.07, 6.45) is 9.83. The van der Waals surface area contributed by atoms with E-state index in [1.807, 2.05) is 6.07 Å². The summed E-state index contributed by atoms with van der Waals surface area (Å²) in [5.41, 5.74) is 2.92. The Balaban J connectivity index is 1.64. The Hall–Kier alpha value is -2.23. The fraction of sp³-hybridized carbons (Fsp3) is 0.440. The molecule has 0 heterocycles. The number of allylic oxidation sites excluding steroid dienone is 1. The van der Waals surface area contributed by atoms with E-state index in [0.717, 1.165) is 17.9 Å². The van der Waals surface area contributed by atoms with Gasteiger partial charge in [0.25, 0.3) is 0 Å². The van der Waals surface area contributed by atoms with Gasteiger partial charge in [-0.2, -0.15) is 4.39 Å². The highest BCUT2D eigenvalue weighted by Crippen LogP contribution is 2.41. The van der Waals surface area contributed by atoms with Crippen LogP contribution in [0.25, 0.3) is 17.2 Å². The van der Waals surface area contributed by atoms with Gasteiger partial charge in [0.15, 0.2) is 11.6 Å². The molecule has 4 rings (SSSR count). The maximum atomic E-state index is 15.3. The number of ether oxygens (including phenoxy) is 1. The van der Waals surface area contributed by atoms with Crippen LogP contribution in [-0.2, 0) is 6.42 Å². The molecule has 29 heavy (non-hydrogen) atoms. The van der Waals surface area contributed by atoms with Gasteiger partial charge in [0.2, 0.25) is 5.82 Å². The largest absolute Gasteiger partial charge is 0.494 e. The van der Waals surface area contributed by atoms with Crippen LogP contribution in [0.4, 0.5) is 13.2 Å². The number of rotatable bonds is 4. The first-order valence-corrected chi connectivity index (χ1v) is 10.6. The summed E-state index contributed by atoms with van der Waals surface area (Å²) in [5, 5.41) is 0. The van der Waals surface area contributed by atoms with Crippen molar-refractivity contribution in [2.45, 2.75) is 51.9 Å². The lowest BCUT2D eigenvalue weighted by molar-refractivity contribution is 0.292. The second-order valence-electron chi connectivity index (χ2n) is 8.28. The summed E-state index contributed by atoms with van der Waals surface area (Å²) >= 11 is 0. The SMILES string of the molecule is CCC1CCC(C2=Cc3ccc(-c4ccc(OC)c(F)c4F)c(F)c3CC2)CC1. The molecule has 0 atom stereocenters. The van der Waals surface area contributed by atoms with Gasteiger partial charge >= 0.3 is 0 Å². The first-order valence-electron chi connectivity index (χ1n) is 10.6. The predicted molar refractivity (Wildman–Crippen MR) is 110 cm³/mol. The Kier molecular flexibility index (Phi) is 5.71. The lowest BCUT2D eigenvalue weighted by atomic mass is 9.74. The molecule has 4 heteroatoms. The zero-order valence-corrected chi connectivity index (χ0v) is 17.0. The molecule has 0 unspecified atom stereocenters. The van der Waals surface area contributed by atoms with Crippen LogP contribution in [0, 0.1) is 29.3 Å². The normalized spacial score (nSPS) is 21.5. The smallest absolute Gasteiger partial charge is 0.201 e. The van der Waals surface area contributed by atoms with Crippen LogP contribution in [0.3, 0.4) is 0 Å². The first kappa shape index (κ1) is 20.1. The van der Waals surface area contributed by atoms with Crippen LogP contribution >= 0.6 is 0 Å². The van der Waals surface area contributed by atoms with Crippen LogP contribution in [0.1, 0.15) is 56.6 Å². The number of fused-ring (bicyclic) bond motifs is 1. The number of halogens is 3. The Morgan fingerprint density at radius 2 is 1.55 bits per heavy atom. The van der Waals surface area contributed by atoms with Crippen molar-refractivity contribution in [2.75, 3.05) is 7.11 Å². The van der Waals surface area contributed by atoms with Crippen LogP contribution in [0.2, 0.25) is 0 Å². The van der Waals surface area contributed by atoms with Gasteiger partial charge < -0.3 is 4.74 Å². The molecule has 0 saturated heterocycles. The standard InChI is InChI=1S/C25H27F3O/c1-3-15-4-6-16(7-5-15)17-8-10-19-18(14-17)9-11-20(23(19)26)21-12-13-22(29-2)25(28)24(21)27/h9,11-16H,3-8,10H2,1-2H3.